The quantitative estimate of drug-likeness (QED) is 0.625. The standard InChI is InChI=1S/C12H13N5O2/c18-9-2-1-4-14-11(9)15-12(19)10-7-6-13-5-3-8(7)16-17-10/h1-2,4,13,18H,3,5-6H2,(H,16,17)(H,14,15,19). The van der Waals surface area contributed by atoms with E-state index in [9.17, 15) is 9.90 Å². The van der Waals surface area contributed by atoms with Gasteiger partial charge in [-0.25, -0.2) is 4.98 Å². The van der Waals surface area contributed by atoms with Crippen molar-refractivity contribution < 1.29 is 9.90 Å². The summed E-state index contributed by atoms with van der Waals surface area (Å²) in [5.41, 5.74) is 2.19. The first-order valence-electron chi connectivity index (χ1n) is 5.98. The second-order valence-electron chi connectivity index (χ2n) is 4.28. The SMILES string of the molecule is O=C(Nc1ncccc1O)c1n[nH]c2c1CNCC2. The summed E-state index contributed by atoms with van der Waals surface area (Å²) < 4.78 is 0. The Morgan fingerprint density at radius 1 is 1.47 bits per heavy atom. The van der Waals surface area contributed by atoms with Gasteiger partial charge >= 0.3 is 0 Å². The summed E-state index contributed by atoms with van der Waals surface area (Å²) in [6, 6.07) is 3.05. The van der Waals surface area contributed by atoms with Crippen LogP contribution in [-0.4, -0.2) is 32.7 Å². The van der Waals surface area contributed by atoms with E-state index < -0.39 is 0 Å². The average molecular weight is 259 g/mol. The minimum atomic E-state index is -0.379. The third-order valence-corrected chi connectivity index (χ3v) is 3.04. The number of aromatic nitrogens is 3. The Kier molecular flexibility index (Phi) is 2.88. The summed E-state index contributed by atoms with van der Waals surface area (Å²) in [7, 11) is 0. The number of H-pyrrole nitrogens is 1. The molecule has 7 nitrogen and oxygen atoms in total. The minimum Gasteiger partial charge on any atom is -0.504 e. The van der Waals surface area contributed by atoms with E-state index in [0.717, 1.165) is 24.2 Å². The molecule has 0 saturated heterocycles. The van der Waals surface area contributed by atoms with Crippen molar-refractivity contribution in [2.24, 2.45) is 0 Å². The van der Waals surface area contributed by atoms with E-state index in [0.29, 0.717) is 12.2 Å². The molecule has 19 heavy (non-hydrogen) atoms. The number of fused-ring (bicyclic) bond motifs is 1. The van der Waals surface area contributed by atoms with Crippen molar-refractivity contribution >= 4 is 11.7 Å². The fourth-order valence-corrected chi connectivity index (χ4v) is 2.07. The van der Waals surface area contributed by atoms with Crippen LogP contribution in [0.3, 0.4) is 0 Å². The Labute approximate surface area is 109 Å². The molecule has 2 aromatic rings. The average Bonchev–Trinajstić information content (AvgIpc) is 2.85. The highest BCUT2D eigenvalue weighted by Gasteiger charge is 2.22. The molecule has 0 unspecified atom stereocenters. The van der Waals surface area contributed by atoms with Crippen molar-refractivity contribution in [2.45, 2.75) is 13.0 Å². The summed E-state index contributed by atoms with van der Waals surface area (Å²) in [6.45, 7) is 1.49. The van der Waals surface area contributed by atoms with Crippen LogP contribution in [0.4, 0.5) is 5.82 Å². The molecule has 3 heterocycles. The second kappa shape index (κ2) is 4.69. The number of aromatic hydroxyl groups is 1. The van der Waals surface area contributed by atoms with Crippen LogP contribution in [0.5, 0.6) is 5.75 Å². The zero-order valence-electron chi connectivity index (χ0n) is 10.1. The van der Waals surface area contributed by atoms with Gasteiger partial charge in [0.15, 0.2) is 17.3 Å². The van der Waals surface area contributed by atoms with Gasteiger partial charge in [0.25, 0.3) is 5.91 Å². The van der Waals surface area contributed by atoms with Gasteiger partial charge < -0.3 is 15.7 Å². The molecule has 1 amide bonds. The molecule has 1 aliphatic heterocycles. The van der Waals surface area contributed by atoms with E-state index in [1.165, 1.54) is 12.3 Å². The summed E-state index contributed by atoms with van der Waals surface area (Å²) in [5.74, 6) is -0.318. The van der Waals surface area contributed by atoms with Crippen molar-refractivity contribution in [3.05, 3.63) is 35.3 Å². The van der Waals surface area contributed by atoms with Crippen molar-refractivity contribution in [1.29, 1.82) is 0 Å². The Bertz CT molecular complexity index is 622. The van der Waals surface area contributed by atoms with Gasteiger partial charge in [-0.2, -0.15) is 5.10 Å². The van der Waals surface area contributed by atoms with Gasteiger partial charge in [-0.3, -0.25) is 9.89 Å². The molecule has 4 N–H and O–H groups in total. The van der Waals surface area contributed by atoms with Gasteiger partial charge in [0.1, 0.15) is 0 Å². The van der Waals surface area contributed by atoms with Crippen molar-refractivity contribution in [3.8, 4) is 5.75 Å². The van der Waals surface area contributed by atoms with Crippen LogP contribution in [0.2, 0.25) is 0 Å². The maximum Gasteiger partial charge on any atom is 0.277 e. The Morgan fingerprint density at radius 2 is 2.37 bits per heavy atom. The number of pyridine rings is 1. The second-order valence-corrected chi connectivity index (χ2v) is 4.28. The predicted octanol–water partition coefficient (Wildman–Crippen LogP) is 0.408. The molecule has 2 aromatic heterocycles. The number of carbonyl (C=O) groups is 1. The number of rotatable bonds is 2. The first kappa shape index (κ1) is 11.7. The summed E-state index contributed by atoms with van der Waals surface area (Å²) >= 11 is 0. The molecular formula is C12H13N5O2. The molecule has 0 spiro atoms. The first-order chi connectivity index (χ1) is 9.25. The van der Waals surface area contributed by atoms with Crippen LogP contribution in [0.1, 0.15) is 21.7 Å². The van der Waals surface area contributed by atoms with Gasteiger partial charge in [-0.15, -0.1) is 0 Å². The van der Waals surface area contributed by atoms with E-state index in [4.69, 9.17) is 0 Å². The number of aromatic amines is 1. The lowest BCUT2D eigenvalue weighted by Gasteiger charge is -2.12. The third kappa shape index (κ3) is 2.15. The van der Waals surface area contributed by atoms with Gasteiger partial charge in [-0.05, 0) is 12.1 Å². The number of anilines is 1. The molecule has 0 aromatic carbocycles. The van der Waals surface area contributed by atoms with Gasteiger partial charge in [0.2, 0.25) is 0 Å². The maximum absolute atomic E-state index is 12.1. The first-order valence-corrected chi connectivity index (χ1v) is 5.98. The zero-order valence-corrected chi connectivity index (χ0v) is 10.1. The smallest absolute Gasteiger partial charge is 0.277 e. The lowest BCUT2D eigenvalue weighted by molar-refractivity contribution is 0.102. The Morgan fingerprint density at radius 3 is 3.21 bits per heavy atom. The van der Waals surface area contributed by atoms with E-state index in [1.54, 1.807) is 6.07 Å². The van der Waals surface area contributed by atoms with E-state index in [1.807, 2.05) is 0 Å². The highest BCUT2D eigenvalue weighted by Crippen LogP contribution is 2.21. The number of amides is 1. The van der Waals surface area contributed by atoms with Crippen LogP contribution in [0, 0.1) is 0 Å². The van der Waals surface area contributed by atoms with Crippen LogP contribution in [-0.2, 0) is 13.0 Å². The fraction of sp³-hybridized carbons (Fsp3) is 0.250. The van der Waals surface area contributed by atoms with E-state index in [2.05, 4.69) is 25.8 Å². The molecule has 1 aliphatic rings. The molecular weight excluding hydrogens is 246 g/mol. The molecule has 0 saturated carbocycles. The minimum absolute atomic E-state index is 0.0709. The van der Waals surface area contributed by atoms with Crippen LogP contribution < -0.4 is 10.6 Å². The number of carbonyl (C=O) groups excluding carboxylic acids is 1. The Hall–Kier alpha value is -2.41. The topological polar surface area (TPSA) is 103 Å². The molecule has 98 valence electrons. The van der Waals surface area contributed by atoms with E-state index in [-0.39, 0.29) is 17.5 Å². The van der Waals surface area contributed by atoms with Gasteiger partial charge in [0, 0.05) is 37.0 Å². The van der Waals surface area contributed by atoms with Gasteiger partial charge in [0.05, 0.1) is 0 Å². The molecule has 0 bridgehead atoms. The summed E-state index contributed by atoms with van der Waals surface area (Å²) in [5, 5.41) is 22.2. The van der Waals surface area contributed by atoms with Crippen LogP contribution in [0.25, 0.3) is 0 Å². The lowest BCUT2D eigenvalue weighted by atomic mass is 10.1. The molecule has 3 rings (SSSR count). The fourth-order valence-electron chi connectivity index (χ4n) is 2.07. The number of hydrogen-bond acceptors (Lipinski definition) is 5. The van der Waals surface area contributed by atoms with Crippen molar-refractivity contribution in [1.82, 2.24) is 20.5 Å². The highest BCUT2D eigenvalue weighted by atomic mass is 16.3. The van der Waals surface area contributed by atoms with Crippen molar-refractivity contribution in [2.75, 3.05) is 11.9 Å². The number of nitrogens with one attached hydrogen (secondary N) is 3. The lowest BCUT2D eigenvalue weighted by Crippen LogP contribution is -2.25. The van der Waals surface area contributed by atoms with Crippen LogP contribution in [0.15, 0.2) is 18.3 Å². The van der Waals surface area contributed by atoms with Crippen molar-refractivity contribution in [3.63, 3.8) is 0 Å². The molecule has 0 aliphatic carbocycles. The largest absolute Gasteiger partial charge is 0.504 e. The summed E-state index contributed by atoms with van der Waals surface area (Å²) in [4.78, 5) is 16.0. The zero-order chi connectivity index (χ0) is 13.2. The Balaban J connectivity index is 1.85. The number of hydrogen-bond donors (Lipinski definition) is 4. The van der Waals surface area contributed by atoms with E-state index >= 15 is 0 Å². The highest BCUT2D eigenvalue weighted by molar-refractivity contribution is 6.04. The third-order valence-electron chi connectivity index (χ3n) is 3.04. The summed E-state index contributed by atoms with van der Waals surface area (Å²) in [6.07, 6.45) is 2.32. The molecule has 7 heteroatoms. The molecule has 0 radical (unpaired) electrons. The normalized spacial score (nSPS) is 13.9. The molecule has 0 fully saturated rings. The monoisotopic (exact) mass is 259 g/mol. The predicted molar refractivity (Wildman–Crippen MR) is 67.9 cm³/mol. The maximum atomic E-state index is 12.1. The molecule has 0 atom stereocenters. The van der Waals surface area contributed by atoms with Crippen LogP contribution >= 0.6 is 0 Å². The number of nitrogens with zero attached hydrogens (tertiary/aromatic N) is 2. The van der Waals surface area contributed by atoms with Gasteiger partial charge in [-0.1, -0.05) is 0 Å².